The van der Waals surface area contributed by atoms with Crippen molar-refractivity contribution in [1.29, 1.82) is 0 Å². The highest BCUT2D eigenvalue weighted by atomic mass is 16.3. The largest absolute Gasteiger partial charge is 0.396 e. The molecule has 2 N–H and O–H groups in total. The average molecular weight is 311 g/mol. The van der Waals surface area contributed by atoms with Crippen LogP contribution in [0.4, 0.5) is 0 Å². The molecule has 0 aromatic rings. The molecule has 3 nitrogen and oxygen atoms in total. The molecular formula is C19H38N2O. The molecule has 130 valence electrons. The molecule has 2 rings (SSSR count). The van der Waals surface area contributed by atoms with Crippen LogP contribution in [0, 0.1) is 17.3 Å². The van der Waals surface area contributed by atoms with Crippen LogP contribution >= 0.6 is 0 Å². The fourth-order valence-electron chi connectivity index (χ4n) is 4.36. The molecule has 1 aliphatic carbocycles. The van der Waals surface area contributed by atoms with Crippen LogP contribution in [-0.2, 0) is 0 Å². The Kier molecular flexibility index (Phi) is 6.73. The Morgan fingerprint density at radius 3 is 2.41 bits per heavy atom. The molecule has 2 unspecified atom stereocenters. The van der Waals surface area contributed by atoms with Crippen LogP contribution in [0.25, 0.3) is 0 Å². The van der Waals surface area contributed by atoms with Gasteiger partial charge in [0, 0.05) is 30.7 Å². The maximum absolute atomic E-state index is 9.43. The lowest BCUT2D eigenvalue weighted by Crippen LogP contribution is -2.49. The van der Waals surface area contributed by atoms with E-state index in [1.165, 1.54) is 51.6 Å². The highest BCUT2D eigenvalue weighted by Gasteiger charge is 2.31. The second-order valence-corrected chi connectivity index (χ2v) is 8.97. The van der Waals surface area contributed by atoms with E-state index < -0.39 is 0 Å². The highest BCUT2D eigenvalue weighted by molar-refractivity contribution is 4.89. The summed E-state index contributed by atoms with van der Waals surface area (Å²) in [6.45, 7) is 12.7. The maximum atomic E-state index is 9.43. The van der Waals surface area contributed by atoms with Gasteiger partial charge in [-0.2, -0.15) is 0 Å². The Morgan fingerprint density at radius 1 is 1.14 bits per heavy atom. The Balaban J connectivity index is 1.73. The summed E-state index contributed by atoms with van der Waals surface area (Å²) in [4.78, 5) is 2.54. The lowest BCUT2D eigenvalue weighted by Gasteiger charge is -2.38. The molecule has 1 saturated carbocycles. The van der Waals surface area contributed by atoms with Crippen LogP contribution in [0.1, 0.15) is 66.2 Å². The van der Waals surface area contributed by atoms with Gasteiger partial charge >= 0.3 is 0 Å². The number of likely N-dealkylation sites (tertiary alicyclic amines) is 1. The van der Waals surface area contributed by atoms with Gasteiger partial charge in [0.2, 0.25) is 0 Å². The first-order valence-corrected chi connectivity index (χ1v) is 9.49. The molecule has 0 radical (unpaired) electrons. The minimum atomic E-state index is 0.0358. The number of hydrogen-bond donors (Lipinski definition) is 2. The van der Waals surface area contributed by atoms with Crippen LogP contribution in [0.15, 0.2) is 0 Å². The average Bonchev–Trinajstić information content (AvgIpc) is 2.87. The van der Waals surface area contributed by atoms with E-state index in [9.17, 15) is 5.11 Å². The molecule has 0 amide bonds. The van der Waals surface area contributed by atoms with Gasteiger partial charge in [0.05, 0.1) is 0 Å². The normalized spacial score (nSPS) is 28.6. The number of nitrogens with zero attached hydrogens (tertiary/aromatic N) is 1. The fraction of sp³-hybridized carbons (Fsp3) is 1.00. The highest BCUT2D eigenvalue weighted by Crippen LogP contribution is 2.32. The van der Waals surface area contributed by atoms with E-state index in [2.05, 4.69) is 37.9 Å². The summed E-state index contributed by atoms with van der Waals surface area (Å²) in [7, 11) is 0. The summed E-state index contributed by atoms with van der Waals surface area (Å²) in [5, 5.41) is 13.4. The second-order valence-electron chi connectivity index (χ2n) is 8.97. The van der Waals surface area contributed by atoms with Gasteiger partial charge in [-0.15, -0.1) is 0 Å². The van der Waals surface area contributed by atoms with Gasteiger partial charge in [0.25, 0.3) is 0 Å². The molecule has 0 aromatic heterocycles. The molecule has 0 aromatic carbocycles. The van der Waals surface area contributed by atoms with Crippen molar-refractivity contribution >= 4 is 0 Å². The van der Waals surface area contributed by atoms with Crippen molar-refractivity contribution in [3.8, 4) is 0 Å². The fourth-order valence-corrected chi connectivity index (χ4v) is 4.36. The molecule has 0 spiro atoms. The molecular weight excluding hydrogens is 272 g/mol. The van der Waals surface area contributed by atoms with Crippen molar-refractivity contribution in [2.24, 2.45) is 17.3 Å². The van der Waals surface area contributed by atoms with Crippen LogP contribution < -0.4 is 5.32 Å². The zero-order valence-electron chi connectivity index (χ0n) is 15.3. The summed E-state index contributed by atoms with van der Waals surface area (Å²) in [5.74, 6) is 1.74. The quantitative estimate of drug-likeness (QED) is 0.757. The number of hydrogen-bond acceptors (Lipinski definition) is 3. The summed E-state index contributed by atoms with van der Waals surface area (Å²) < 4.78 is 0. The van der Waals surface area contributed by atoms with Crippen molar-refractivity contribution in [2.75, 3.05) is 26.2 Å². The number of aliphatic hydroxyl groups is 1. The van der Waals surface area contributed by atoms with E-state index in [1.54, 1.807) is 0 Å². The summed E-state index contributed by atoms with van der Waals surface area (Å²) in [5.41, 5.74) is 0.0358. The molecule has 1 heterocycles. The minimum absolute atomic E-state index is 0.0358. The second kappa shape index (κ2) is 8.12. The Hall–Kier alpha value is -0.120. The molecule has 0 bridgehead atoms. The van der Waals surface area contributed by atoms with Gasteiger partial charge in [0.15, 0.2) is 0 Å². The first-order valence-electron chi connectivity index (χ1n) is 9.49. The molecule has 1 saturated heterocycles. The Labute approximate surface area is 137 Å². The van der Waals surface area contributed by atoms with E-state index in [-0.39, 0.29) is 12.0 Å². The SMILES string of the molecule is CC(C)CC1CCCC1NC1CCN(CC(C)(C)CO)CC1. The van der Waals surface area contributed by atoms with Gasteiger partial charge in [-0.05, 0) is 57.0 Å². The van der Waals surface area contributed by atoms with E-state index in [0.717, 1.165) is 24.4 Å². The third-order valence-electron chi connectivity index (χ3n) is 5.55. The van der Waals surface area contributed by atoms with Gasteiger partial charge < -0.3 is 15.3 Å². The minimum Gasteiger partial charge on any atom is -0.396 e. The Bertz CT molecular complexity index is 321. The van der Waals surface area contributed by atoms with Crippen LogP contribution in [0.2, 0.25) is 0 Å². The predicted molar refractivity (Wildman–Crippen MR) is 94.0 cm³/mol. The standard InChI is InChI=1S/C19H38N2O/c1-15(2)12-16-6-5-7-18(16)20-17-8-10-21(11-9-17)13-19(3,4)14-22/h15-18,20,22H,5-14H2,1-4H3. The van der Waals surface area contributed by atoms with Crippen LogP contribution in [0.3, 0.4) is 0 Å². The molecule has 2 aliphatic rings. The summed E-state index contributed by atoms with van der Waals surface area (Å²) in [6, 6.07) is 1.49. The number of nitrogens with one attached hydrogen (secondary N) is 1. The Morgan fingerprint density at radius 2 is 1.82 bits per heavy atom. The third kappa shape index (κ3) is 5.50. The molecule has 22 heavy (non-hydrogen) atoms. The number of piperidine rings is 1. The molecule has 1 aliphatic heterocycles. The van der Waals surface area contributed by atoms with Crippen molar-refractivity contribution in [3.63, 3.8) is 0 Å². The van der Waals surface area contributed by atoms with Gasteiger partial charge in [-0.25, -0.2) is 0 Å². The van der Waals surface area contributed by atoms with E-state index >= 15 is 0 Å². The number of aliphatic hydroxyl groups excluding tert-OH is 1. The summed E-state index contributed by atoms with van der Waals surface area (Å²) in [6.07, 6.45) is 8.16. The van der Waals surface area contributed by atoms with Gasteiger partial charge in [-0.1, -0.05) is 34.1 Å². The smallest absolute Gasteiger partial charge is 0.0494 e. The lowest BCUT2D eigenvalue weighted by molar-refractivity contribution is 0.0837. The van der Waals surface area contributed by atoms with Crippen molar-refractivity contribution in [2.45, 2.75) is 78.3 Å². The molecule has 3 heteroatoms. The lowest BCUT2D eigenvalue weighted by atomic mass is 9.90. The first kappa shape index (κ1) is 18.2. The van der Waals surface area contributed by atoms with Crippen molar-refractivity contribution in [1.82, 2.24) is 10.2 Å². The maximum Gasteiger partial charge on any atom is 0.0494 e. The predicted octanol–water partition coefficient (Wildman–Crippen LogP) is 3.27. The molecule has 2 fully saturated rings. The third-order valence-corrected chi connectivity index (χ3v) is 5.55. The van der Waals surface area contributed by atoms with E-state index in [4.69, 9.17) is 0 Å². The monoisotopic (exact) mass is 310 g/mol. The topological polar surface area (TPSA) is 35.5 Å². The van der Waals surface area contributed by atoms with E-state index in [1.807, 2.05) is 0 Å². The van der Waals surface area contributed by atoms with Crippen molar-refractivity contribution < 1.29 is 5.11 Å². The van der Waals surface area contributed by atoms with Crippen molar-refractivity contribution in [3.05, 3.63) is 0 Å². The number of rotatable bonds is 7. The summed E-state index contributed by atoms with van der Waals surface area (Å²) >= 11 is 0. The van der Waals surface area contributed by atoms with Gasteiger partial charge in [-0.3, -0.25) is 0 Å². The first-order chi connectivity index (χ1) is 10.4. The van der Waals surface area contributed by atoms with Gasteiger partial charge in [0.1, 0.15) is 0 Å². The van der Waals surface area contributed by atoms with Crippen LogP contribution in [-0.4, -0.2) is 48.3 Å². The zero-order chi connectivity index (χ0) is 16.2. The molecule has 2 atom stereocenters. The zero-order valence-corrected chi connectivity index (χ0v) is 15.3. The van der Waals surface area contributed by atoms with E-state index in [0.29, 0.717) is 6.04 Å². The van der Waals surface area contributed by atoms with Crippen LogP contribution in [0.5, 0.6) is 0 Å².